The number of nitrogens with zero attached hydrogens (tertiary/aromatic N) is 2. The molecule has 0 bridgehead atoms. The summed E-state index contributed by atoms with van der Waals surface area (Å²) in [6, 6.07) is -0.0562. The first kappa shape index (κ1) is 10.4. The first-order valence-electron chi connectivity index (χ1n) is 5.68. The van der Waals surface area contributed by atoms with Crippen LogP contribution in [0.1, 0.15) is 49.9 Å². The second-order valence-corrected chi connectivity index (χ2v) is 4.42. The van der Waals surface area contributed by atoms with Crippen molar-refractivity contribution in [2.75, 3.05) is 0 Å². The van der Waals surface area contributed by atoms with E-state index in [0.29, 0.717) is 0 Å². The molecular weight excluding hydrogens is 188 g/mol. The average molecular weight is 206 g/mol. The van der Waals surface area contributed by atoms with Gasteiger partial charge in [-0.1, -0.05) is 0 Å². The summed E-state index contributed by atoms with van der Waals surface area (Å²) >= 11 is 0. The Morgan fingerprint density at radius 2 is 2.07 bits per heavy atom. The van der Waals surface area contributed by atoms with Crippen LogP contribution in [0.4, 0.5) is 0 Å². The Bertz CT molecular complexity index is 393. The maximum Gasteiger partial charge on any atom is 0.152 e. The Morgan fingerprint density at radius 1 is 1.40 bits per heavy atom. The first-order valence-corrected chi connectivity index (χ1v) is 5.68. The molecule has 0 aliphatic heterocycles. The molecule has 15 heavy (non-hydrogen) atoms. The number of aryl methyl sites for hydroxylation is 2. The molecule has 1 unspecified atom stereocenters. The largest absolute Gasteiger partial charge is 0.322 e. The Kier molecular flexibility index (Phi) is 2.63. The molecule has 0 saturated heterocycles. The van der Waals surface area contributed by atoms with Crippen LogP contribution in [-0.4, -0.2) is 15.3 Å². The van der Waals surface area contributed by atoms with Crippen LogP contribution in [0.15, 0.2) is 0 Å². The van der Waals surface area contributed by atoms with Crippen molar-refractivity contribution in [2.45, 2.75) is 52.5 Å². The van der Waals surface area contributed by atoms with Gasteiger partial charge in [-0.2, -0.15) is 0 Å². The zero-order valence-corrected chi connectivity index (χ0v) is 9.71. The van der Waals surface area contributed by atoms with Gasteiger partial charge in [0.05, 0.1) is 11.7 Å². The van der Waals surface area contributed by atoms with Gasteiger partial charge >= 0.3 is 0 Å². The number of rotatable bonds is 2. The van der Waals surface area contributed by atoms with Crippen molar-refractivity contribution in [3.63, 3.8) is 0 Å². The number of hydrogen-bond acceptors (Lipinski definition) is 2. The van der Waals surface area contributed by atoms with Gasteiger partial charge in [-0.05, 0) is 46.5 Å². The maximum absolute atomic E-state index is 11.4. The second kappa shape index (κ2) is 3.80. The summed E-state index contributed by atoms with van der Waals surface area (Å²) in [5, 5.41) is 0. The van der Waals surface area contributed by atoms with Gasteiger partial charge in [0.1, 0.15) is 5.82 Å². The summed E-state index contributed by atoms with van der Waals surface area (Å²) in [6.45, 7) is 5.61. The molecular formula is C12H18N2O. The molecule has 1 aromatic heterocycles. The summed E-state index contributed by atoms with van der Waals surface area (Å²) in [5.74, 6) is 1.20. The number of carbonyl (C=O) groups excluding carboxylic acids is 1. The molecule has 82 valence electrons. The lowest BCUT2D eigenvalue weighted by molar-refractivity contribution is -0.119. The lowest BCUT2D eigenvalue weighted by Crippen LogP contribution is -2.18. The van der Waals surface area contributed by atoms with Crippen LogP contribution in [0.3, 0.4) is 0 Å². The van der Waals surface area contributed by atoms with E-state index in [-0.39, 0.29) is 11.8 Å². The number of Topliss-reactive ketones (excluding diaryl/α,β-unsaturated/α-hetero) is 1. The quantitative estimate of drug-likeness (QED) is 0.743. The number of fused-ring (bicyclic) bond motifs is 1. The third-order valence-corrected chi connectivity index (χ3v) is 3.32. The van der Waals surface area contributed by atoms with E-state index in [1.54, 1.807) is 6.92 Å². The summed E-state index contributed by atoms with van der Waals surface area (Å²) in [5.41, 5.74) is 2.51. The molecule has 1 aliphatic rings. The zero-order valence-electron chi connectivity index (χ0n) is 9.71. The van der Waals surface area contributed by atoms with Crippen molar-refractivity contribution in [1.82, 2.24) is 9.55 Å². The van der Waals surface area contributed by atoms with E-state index >= 15 is 0 Å². The lowest BCUT2D eigenvalue weighted by Gasteiger charge is -2.18. The standard InChI is InChI=1S/C12H18N2O/c1-8(9(2)15)14-10(3)13-11-6-4-5-7-12(11)14/h8H,4-7H2,1-3H3. The molecule has 0 fully saturated rings. The Labute approximate surface area is 90.5 Å². The highest BCUT2D eigenvalue weighted by Gasteiger charge is 2.22. The Morgan fingerprint density at radius 3 is 2.73 bits per heavy atom. The highest BCUT2D eigenvalue weighted by Crippen LogP contribution is 2.25. The van der Waals surface area contributed by atoms with Crippen molar-refractivity contribution in [3.05, 3.63) is 17.2 Å². The van der Waals surface area contributed by atoms with Crippen molar-refractivity contribution in [2.24, 2.45) is 0 Å². The van der Waals surface area contributed by atoms with Crippen LogP contribution in [0.5, 0.6) is 0 Å². The molecule has 1 aliphatic carbocycles. The van der Waals surface area contributed by atoms with Gasteiger partial charge in [0, 0.05) is 5.69 Å². The predicted molar refractivity (Wildman–Crippen MR) is 59.0 cm³/mol. The van der Waals surface area contributed by atoms with E-state index in [1.165, 1.54) is 24.2 Å². The molecule has 0 amide bonds. The van der Waals surface area contributed by atoms with Gasteiger partial charge in [0.25, 0.3) is 0 Å². The van der Waals surface area contributed by atoms with E-state index in [4.69, 9.17) is 0 Å². The van der Waals surface area contributed by atoms with Gasteiger partial charge in [-0.15, -0.1) is 0 Å². The minimum atomic E-state index is -0.0562. The Hall–Kier alpha value is -1.12. The molecule has 0 aromatic carbocycles. The molecule has 1 heterocycles. The number of aromatic nitrogens is 2. The normalized spacial score (nSPS) is 17.3. The fraction of sp³-hybridized carbons (Fsp3) is 0.667. The fourth-order valence-corrected chi connectivity index (χ4v) is 2.39. The van der Waals surface area contributed by atoms with Gasteiger partial charge in [0.15, 0.2) is 5.78 Å². The number of carbonyl (C=O) groups is 1. The fourth-order valence-electron chi connectivity index (χ4n) is 2.39. The monoisotopic (exact) mass is 206 g/mol. The SMILES string of the molecule is CC(=O)C(C)n1c(C)nc2c1CCCC2. The molecule has 0 N–H and O–H groups in total. The topological polar surface area (TPSA) is 34.9 Å². The van der Waals surface area contributed by atoms with E-state index < -0.39 is 0 Å². The Balaban J connectivity index is 2.46. The van der Waals surface area contributed by atoms with Crippen molar-refractivity contribution < 1.29 is 4.79 Å². The number of imidazole rings is 1. The molecule has 3 nitrogen and oxygen atoms in total. The summed E-state index contributed by atoms with van der Waals surface area (Å²) < 4.78 is 2.12. The molecule has 0 saturated carbocycles. The van der Waals surface area contributed by atoms with Crippen LogP contribution in [-0.2, 0) is 17.6 Å². The maximum atomic E-state index is 11.4. The minimum Gasteiger partial charge on any atom is -0.322 e. The van der Waals surface area contributed by atoms with E-state index in [9.17, 15) is 4.79 Å². The van der Waals surface area contributed by atoms with Crippen LogP contribution in [0, 0.1) is 6.92 Å². The molecule has 1 aromatic rings. The van der Waals surface area contributed by atoms with Gasteiger partial charge in [-0.25, -0.2) is 4.98 Å². The van der Waals surface area contributed by atoms with Crippen molar-refractivity contribution >= 4 is 5.78 Å². The van der Waals surface area contributed by atoms with Crippen molar-refractivity contribution in [3.8, 4) is 0 Å². The minimum absolute atomic E-state index is 0.0562. The highest BCUT2D eigenvalue weighted by atomic mass is 16.1. The molecule has 0 spiro atoms. The second-order valence-electron chi connectivity index (χ2n) is 4.42. The predicted octanol–water partition coefficient (Wildman–Crippen LogP) is 2.22. The summed E-state index contributed by atoms with van der Waals surface area (Å²) in [7, 11) is 0. The lowest BCUT2D eigenvalue weighted by atomic mass is 10.0. The smallest absolute Gasteiger partial charge is 0.152 e. The van der Waals surface area contributed by atoms with Crippen molar-refractivity contribution in [1.29, 1.82) is 0 Å². The summed E-state index contributed by atoms with van der Waals surface area (Å²) in [4.78, 5) is 16.0. The van der Waals surface area contributed by atoms with E-state index in [0.717, 1.165) is 18.7 Å². The van der Waals surface area contributed by atoms with Gasteiger partial charge < -0.3 is 4.57 Å². The van der Waals surface area contributed by atoms with E-state index in [2.05, 4.69) is 9.55 Å². The average Bonchev–Trinajstić information content (AvgIpc) is 2.52. The molecule has 1 atom stereocenters. The van der Waals surface area contributed by atoms with Crippen LogP contribution in [0.25, 0.3) is 0 Å². The first-order chi connectivity index (χ1) is 7.11. The van der Waals surface area contributed by atoms with Gasteiger partial charge in [0.2, 0.25) is 0 Å². The number of hydrogen-bond donors (Lipinski definition) is 0. The highest BCUT2D eigenvalue weighted by molar-refractivity contribution is 5.79. The molecule has 3 heteroatoms. The van der Waals surface area contributed by atoms with Crippen LogP contribution < -0.4 is 0 Å². The van der Waals surface area contributed by atoms with E-state index in [1.807, 2.05) is 13.8 Å². The molecule has 0 radical (unpaired) electrons. The zero-order chi connectivity index (χ0) is 11.0. The van der Waals surface area contributed by atoms with Crippen LogP contribution >= 0.6 is 0 Å². The van der Waals surface area contributed by atoms with Gasteiger partial charge in [-0.3, -0.25) is 4.79 Å². The third-order valence-electron chi connectivity index (χ3n) is 3.32. The number of ketones is 1. The summed E-state index contributed by atoms with van der Waals surface area (Å²) in [6.07, 6.45) is 4.61. The third kappa shape index (κ3) is 1.71. The van der Waals surface area contributed by atoms with Crippen LogP contribution in [0.2, 0.25) is 0 Å². The molecule has 2 rings (SSSR count).